The van der Waals surface area contributed by atoms with Crippen molar-refractivity contribution in [3.63, 3.8) is 0 Å². The van der Waals surface area contributed by atoms with Crippen molar-refractivity contribution >= 4 is 6.09 Å². The maximum atomic E-state index is 11.1. The van der Waals surface area contributed by atoms with Crippen molar-refractivity contribution in [1.82, 2.24) is 5.32 Å². The molecule has 0 aromatic rings. The summed E-state index contributed by atoms with van der Waals surface area (Å²) in [7, 11) is 0. The highest BCUT2D eigenvalue weighted by Crippen LogP contribution is 2.07. The Bertz CT molecular complexity index is 186. The molecule has 0 aliphatic carbocycles. The summed E-state index contributed by atoms with van der Waals surface area (Å²) in [5, 5.41) is 19.9. The van der Waals surface area contributed by atoms with E-state index in [0.29, 0.717) is 6.61 Å². The van der Waals surface area contributed by atoms with Crippen LogP contribution in [0.4, 0.5) is 4.79 Å². The molecule has 0 heterocycles. The first kappa shape index (κ1) is 13.2. The van der Waals surface area contributed by atoms with Crippen molar-refractivity contribution in [1.29, 1.82) is 0 Å². The molecule has 0 aromatic carbocycles. The summed E-state index contributed by atoms with van der Waals surface area (Å²) in [6, 6.07) is -0.926. The van der Waals surface area contributed by atoms with Crippen LogP contribution in [0.5, 0.6) is 0 Å². The summed E-state index contributed by atoms with van der Waals surface area (Å²) in [5.74, 6) is 0. The standard InChI is InChI=1S/C9H17NO4/c1-6(12)7(5-11)10-8(13)14-9(2,3)4/h5-7,11-12H,1H2,2-4H3,(H,10,13). The molecule has 0 aliphatic heterocycles. The van der Waals surface area contributed by atoms with Crippen molar-refractivity contribution in [2.24, 2.45) is 0 Å². The Balaban J connectivity index is 4.04. The van der Waals surface area contributed by atoms with Gasteiger partial charge in [-0.3, -0.25) is 0 Å². The number of ether oxygens (including phenoxy) is 1. The van der Waals surface area contributed by atoms with Gasteiger partial charge in [0.1, 0.15) is 12.2 Å². The summed E-state index contributed by atoms with van der Waals surface area (Å²) >= 11 is 0. The fourth-order valence-electron chi connectivity index (χ4n) is 0.676. The average Bonchev–Trinajstić information content (AvgIpc) is 1.96. The van der Waals surface area contributed by atoms with Crippen LogP contribution in [0.15, 0.2) is 0 Å². The minimum Gasteiger partial charge on any atom is -0.444 e. The quantitative estimate of drug-likeness (QED) is 0.628. The van der Waals surface area contributed by atoms with Crippen molar-refractivity contribution in [3.05, 3.63) is 13.5 Å². The number of aliphatic hydroxyl groups is 2. The van der Waals surface area contributed by atoms with Gasteiger partial charge < -0.3 is 20.3 Å². The number of nitrogens with one attached hydrogen (secondary N) is 1. The molecule has 3 N–H and O–H groups in total. The van der Waals surface area contributed by atoms with Crippen molar-refractivity contribution in [2.45, 2.75) is 38.5 Å². The molecule has 0 saturated carbocycles. The Labute approximate surface area is 84.1 Å². The Kier molecular flexibility index (Phi) is 4.87. The lowest BCUT2D eigenvalue weighted by atomic mass is 10.2. The summed E-state index contributed by atoms with van der Waals surface area (Å²) in [5.41, 5.74) is -0.615. The first-order chi connectivity index (χ1) is 6.26. The molecule has 0 rings (SSSR count). The highest BCUT2D eigenvalue weighted by Gasteiger charge is 2.21. The van der Waals surface area contributed by atoms with E-state index in [1.165, 1.54) is 0 Å². The minimum absolute atomic E-state index is 0.615. The Morgan fingerprint density at radius 2 is 2.07 bits per heavy atom. The predicted molar refractivity (Wildman–Crippen MR) is 50.8 cm³/mol. The van der Waals surface area contributed by atoms with Crippen LogP contribution in [0.1, 0.15) is 20.8 Å². The number of carbonyl (C=O) groups is 1. The lowest BCUT2D eigenvalue weighted by molar-refractivity contribution is 0.0444. The van der Waals surface area contributed by atoms with E-state index in [1.54, 1.807) is 20.8 Å². The van der Waals surface area contributed by atoms with Crippen LogP contribution in [0.2, 0.25) is 0 Å². The number of carbonyl (C=O) groups excluding carboxylic acids is 1. The number of alkyl carbamates (subject to hydrolysis) is 1. The first-order valence-corrected chi connectivity index (χ1v) is 4.24. The van der Waals surface area contributed by atoms with E-state index >= 15 is 0 Å². The molecule has 2 unspecified atom stereocenters. The SMILES string of the molecule is [CH2]C(O)C([CH]O)NC(=O)OC(C)(C)C. The van der Waals surface area contributed by atoms with Gasteiger partial charge in [0, 0.05) is 0 Å². The van der Waals surface area contributed by atoms with Crippen LogP contribution in [0.25, 0.3) is 0 Å². The van der Waals surface area contributed by atoms with Gasteiger partial charge in [-0.1, -0.05) is 0 Å². The van der Waals surface area contributed by atoms with Gasteiger partial charge in [-0.25, -0.2) is 4.79 Å². The van der Waals surface area contributed by atoms with Gasteiger partial charge in [0.15, 0.2) is 0 Å². The molecule has 0 saturated heterocycles. The van der Waals surface area contributed by atoms with Crippen LogP contribution in [-0.2, 0) is 4.74 Å². The maximum Gasteiger partial charge on any atom is 0.408 e. The Morgan fingerprint density at radius 1 is 1.57 bits per heavy atom. The Hall–Kier alpha value is -0.810. The third-order valence-electron chi connectivity index (χ3n) is 1.26. The maximum absolute atomic E-state index is 11.1. The lowest BCUT2D eigenvalue weighted by Gasteiger charge is -2.23. The molecule has 82 valence electrons. The van der Waals surface area contributed by atoms with Gasteiger partial charge >= 0.3 is 6.09 Å². The predicted octanol–water partition coefficient (Wildman–Crippen LogP) is 0.609. The van der Waals surface area contributed by atoms with E-state index in [-0.39, 0.29) is 0 Å². The van der Waals surface area contributed by atoms with Crippen molar-refractivity contribution in [2.75, 3.05) is 0 Å². The topological polar surface area (TPSA) is 78.8 Å². The van der Waals surface area contributed by atoms with E-state index in [1.807, 2.05) is 0 Å². The monoisotopic (exact) mass is 203 g/mol. The second kappa shape index (κ2) is 5.17. The van der Waals surface area contributed by atoms with Gasteiger partial charge in [0.05, 0.1) is 12.1 Å². The number of rotatable bonds is 3. The second-order valence-electron chi connectivity index (χ2n) is 3.89. The van der Waals surface area contributed by atoms with E-state index in [0.717, 1.165) is 0 Å². The fourth-order valence-corrected chi connectivity index (χ4v) is 0.676. The molecular formula is C9H17NO4. The van der Waals surface area contributed by atoms with Crippen LogP contribution in [0.3, 0.4) is 0 Å². The highest BCUT2D eigenvalue weighted by molar-refractivity contribution is 5.68. The van der Waals surface area contributed by atoms with Crippen LogP contribution in [0, 0.1) is 13.5 Å². The smallest absolute Gasteiger partial charge is 0.408 e. The molecule has 0 aromatic heterocycles. The van der Waals surface area contributed by atoms with Gasteiger partial charge in [0.2, 0.25) is 0 Å². The third-order valence-corrected chi connectivity index (χ3v) is 1.26. The normalized spacial score (nSPS) is 15.9. The lowest BCUT2D eigenvalue weighted by Crippen LogP contribution is -2.44. The minimum atomic E-state index is -1.12. The van der Waals surface area contributed by atoms with Crippen LogP contribution >= 0.6 is 0 Å². The largest absolute Gasteiger partial charge is 0.444 e. The average molecular weight is 203 g/mol. The molecule has 2 atom stereocenters. The van der Waals surface area contributed by atoms with E-state index in [2.05, 4.69) is 12.2 Å². The second-order valence-corrected chi connectivity index (χ2v) is 3.89. The van der Waals surface area contributed by atoms with E-state index in [4.69, 9.17) is 14.9 Å². The number of amides is 1. The van der Waals surface area contributed by atoms with E-state index < -0.39 is 23.8 Å². The van der Waals surface area contributed by atoms with Crippen molar-refractivity contribution in [3.8, 4) is 0 Å². The van der Waals surface area contributed by atoms with E-state index in [9.17, 15) is 4.79 Å². The molecule has 14 heavy (non-hydrogen) atoms. The molecule has 0 spiro atoms. The highest BCUT2D eigenvalue weighted by atomic mass is 16.6. The zero-order valence-corrected chi connectivity index (χ0v) is 8.65. The zero-order valence-electron chi connectivity index (χ0n) is 8.65. The van der Waals surface area contributed by atoms with Crippen molar-refractivity contribution < 1.29 is 19.7 Å². The van der Waals surface area contributed by atoms with Gasteiger partial charge in [-0.05, 0) is 27.7 Å². The van der Waals surface area contributed by atoms with Gasteiger partial charge in [0.25, 0.3) is 0 Å². The number of hydrogen-bond donors (Lipinski definition) is 3. The first-order valence-electron chi connectivity index (χ1n) is 4.24. The van der Waals surface area contributed by atoms with Gasteiger partial charge in [-0.2, -0.15) is 0 Å². The number of hydrogen-bond acceptors (Lipinski definition) is 4. The van der Waals surface area contributed by atoms with Crippen LogP contribution < -0.4 is 5.32 Å². The Morgan fingerprint density at radius 3 is 2.36 bits per heavy atom. The molecule has 5 nitrogen and oxygen atoms in total. The van der Waals surface area contributed by atoms with Crippen LogP contribution in [-0.4, -0.2) is 34.1 Å². The molecule has 0 fully saturated rings. The molecule has 5 heteroatoms. The summed E-state index contributed by atoms with van der Waals surface area (Å²) in [4.78, 5) is 11.1. The molecule has 0 bridgehead atoms. The summed E-state index contributed by atoms with van der Waals surface area (Å²) in [6.07, 6.45) is -1.83. The third kappa shape index (κ3) is 5.77. The zero-order chi connectivity index (χ0) is 11.4. The molecule has 0 aliphatic rings. The molecular weight excluding hydrogens is 186 g/mol. The fraction of sp³-hybridized carbons (Fsp3) is 0.667. The summed E-state index contributed by atoms with van der Waals surface area (Å²) in [6.45, 7) is 9.05. The molecule has 2 radical (unpaired) electrons. The van der Waals surface area contributed by atoms with Gasteiger partial charge in [-0.15, -0.1) is 0 Å². The number of aliphatic hydroxyl groups excluding tert-OH is 2. The summed E-state index contributed by atoms with van der Waals surface area (Å²) < 4.78 is 4.90. The molecule has 1 amide bonds.